The van der Waals surface area contributed by atoms with Gasteiger partial charge in [0, 0.05) is 31.7 Å². The lowest BCUT2D eigenvalue weighted by molar-refractivity contribution is -0.147. The van der Waals surface area contributed by atoms with E-state index in [9.17, 15) is 23.6 Å². The Kier molecular flexibility index (Phi) is 6.47. The first-order valence-electron chi connectivity index (χ1n) is 12.7. The van der Waals surface area contributed by atoms with Crippen molar-refractivity contribution in [3.05, 3.63) is 65.0 Å². The topological polar surface area (TPSA) is 98.8 Å². The Morgan fingerprint density at radius 2 is 1.89 bits per heavy atom. The van der Waals surface area contributed by atoms with Gasteiger partial charge >= 0.3 is 6.03 Å². The molecule has 2 atom stereocenters. The van der Waals surface area contributed by atoms with Gasteiger partial charge in [-0.2, -0.15) is 0 Å². The molecule has 5 rings (SSSR count). The van der Waals surface area contributed by atoms with Crippen molar-refractivity contribution in [2.75, 3.05) is 18.9 Å². The van der Waals surface area contributed by atoms with Crippen LogP contribution in [-0.4, -0.2) is 53.2 Å². The molecule has 194 valence electrons. The summed E-state index contributed by atoms with van der Waals surface area (Å²) in [6.45, 7) is 1.98. The number of hydrogen-bond donors (Lipinski definition) is 2. The normalized spacial score (nSPS) is 21.2. The predicted octanol–water partition coefficient (Wildman–Crippen LogP) is 3.35. The van der Waals surface area contributed by atoms with Crippen molar-refractivity contribution < 1.29 is 23.6 Å². The minimum atomic E-state index is -0.970. The highest BCUT2D eigenvalue weighted by atomic mass is 19.1. The van der Waals surface area contributed by atoms with E-state index in [2.05, 4.69) is 10.6 Å². The smallest absolute Gasteiger partial charge is 0.318 e. The maximum atomic E-state index is 13.7. The molecule has 5 amide bonds. The summed E-state index contributed by atoms with van der Waals surface area (Å²) < 4.78 is 13.4. The first-order chi connectivity index (χ1) is 17.7. The van der Waals surface area contributed by atoms with Crippen LogP contribution in [0.4, 0.5) is 14.9 Å². The Hall–Kier alpha value is -3.75. The van der Waals surface area contributed by atoms with E-state index in [1.54, 1.807) is 29.2 Å². The molecule has 9 heteroatoms. The molecule has 8 nitrogen and oxygen atoms in total. The number of urea groups is 1. The second-order valence-corrected chi connectivity index (χ2v) is 10.3. The third-order valence-electron chi connectivity index (χ3n) is 8.01. The predicted molar refractivity (Wildman–Crippen MR) is 135 cm³/mol. The number of carbonyl (C=O) groups excluding carboxylic acids is 4. The van der Waals surface area contributed by atoms with E-state index in [-0.39, 0.29) is 48.6 Å². The highest BCUT2D eigenvalue weighted by molar-refractivity contribution is 6.11. The number of aryl methyl sites for hydroxylation is 1. The van der Waals surface area contributed by atoms with Crippen LogP contribution in [0.25, 0.3) is 0 Å². The fraction of sp³-hybridized carbons (Fsp3) is 0.429. The van der Waals surface area contributed by atoms with Gasteiger partial charge < -0.3 is 15.5 Å². The summed E-state index contributed by atoms with van der Waals surface area (Å²) in [4.78, 5) is 54.8. The summed E-state index contributed by atoms with van der Waals surface area (Å²) in [6, 6.07) is 11.0. The summed E-state index contributed by atoms with van der Waals surface area (Å²) in [5.74, 6) is -0.924. The van der Waals surface area contributed by atoms with E-state index >= 15 is 0 Å². The van der Waals surface area contributed by atoms with Crippen molar-refractivity contribution in [3.8, 4) is 0 Å². The molecule has 37 heavy (non-hydrogen) atoms. The number of carbonyl (C=O) groups is 4. The van der Waals surface area contributed by atoms with Gasteiger partial charge in [0.25, 0.3) is 0 Å². The van der Waals surface area contributed by atoms with Gasteiger partial charge in [-0.3, -0.25) is 19.3 Å². The molecular weight excluding hydrogens is 475 g/mol. The first-order valence-corrected chi connectivity index (χ1v) is 12.7. The van der Waals surface area contributed by atoms with Crippen LogP contribution in [0.15, 0.2) is 42.5 Å². The van der Waals surface area contributed by atoms with Crippen LogP contribution < -0.4 is 10.6 Å². The van der Waals surface area contributed by atoms with Gasteiger partial charge in [-0.15, -0.1) is 0 Å². The Bertz CT molecular complexity index is 1260. The summed E-state index contributed by atoms with van der Waals surface area (Å²) in [5.41, 5.74) is 2.15. The van der Waals surface area contributed by atoms with Crippen molar-refractivity contribution >= 4 is 29.4 Å². The molecule has 2 fully saturated rings. The summed E-state index contributed by atoms with van der Waals surface area (Å²) in [7, 11) is 1.53. The van der Waals surface area contributed by atoms with Crippen LogP contribution in [0.3, 0.4) is 0 Å². The zero-order chi connectivity index (χ0) is 26.3. The van der Waals surface area contributed by atoms with E-state index in [1.807, 2.05) is 13.0 Å². The Balaban J connectivity index is 1.34. The zero-order valence-electron chi connectivity index (χ0n) is 21.1. The minimum absolute atomic E-state index is 0.0322. The highest BCUT2D eigenvalue weighted by Gasteiger charge is 2.56. The number of imide groups is 1. The molecule has 1 heterocycles. The average Bonchev–Trinajstić information content (AvgIpc) is 3.64. The fourth-order valence-corrected chi connectivity index (χ4v) is 5.69. The molecular formula is C28H31FN4O4. The van der Waals surface area contributed by atoms with Crippen LogP contribution in [0.5, 0.6) is 0 Å². The van der Waals surface area contributed by atoms with Crippen molar-refractivity contribution in [1.82, 2.24) is 15.1 Å². The van der Waals surface area contributed by atoms with Crippen molar-refractivity contribution in [1.29, 1.82) is 0 Å². The molecule has 0 unspecified atom stereocenters. The third kappa shape index (κ3) is 4.70. The van der Waals surface area contributed by atoms with Crippen LogP contribution in [0, 0.1) is 11.7 Å². The zero-order valence-corrected chi connectivity index (χ0v) is 21.1. The van der Waals surface area contributed by atoms with Crippen molar-refractivity contribution in [2.45, 2.75) is 57.0 Å². The number of halogens is 1. The third-order valence-corrected chi connectivity index (χ3v) is 8.01. The monoisotopic (exact) mass is 506 g/mol. The van der Waals surface area contributed by atoms with E-state index in [0.29, 0.717) is 31.0 Å². The lowest BCUT2D eigenvalue weighted by atomic mass is 9.80. The number of hydrogen-bond acceptors (Lipinski definition) is 4. The Morgan fingerprint density at radius 3 is 2.57 bits per heavy atom. The number of rotatable bonds is 7. The van der Waals surface area contributed by atoms with Crippen molar-refractivity contribution in [2.24, 2.45) is 5.92 Å². The number of nitrogens with one attached hydrogen (secondary N) is 2. The quantitative estimate of drug-likeness (QED) is 0.563. The Morgan fingerprint density at radius 1 is 1.16 bits per heavy atom. The molecule has 2 N–H and O–H groups in total. The number of anilines is 1. The van der Waals surface area contributed by atoms with E-state index < -0.39 is 5.41 Å². The molecule has 0 bridgehead atoms. The van der Waals surface area contributed by atoms with Gasteiger partial charge in [-0.25, -0.2) is 9.18 Å². The number of nitrogens with zero attached hydrogens (tertiary/aromatic N) is 2. The molecule has 2 aromatic carbocycles. The van der Waals surface area contributed by atoms with Crippen LogP contribution in [0.1, 0.15) is 49.3 Å². The van der Waals surface area contributed by atoms with Gasteiger partial charge in [0.15, 0.2) is 0 Å². The summed E-state index contributed by atoms with van der Waals surface area (Å²) in [6.07, 6.45) is 3.19. The minimum Gasteiger partial charge on any atom is -0.341 e. The van der Waals surface area contributed by atoms with Gasteiger partial charge in [0.05, 0.1) is 5.41 Å². The molecule has 1 aliphatic heterocycles. The summed E-state index contributed by atoms with van der Waals surface area (Å²) in [5, 5.41) is 5.24. The molecule has 0 aromatic heterocycles. The summed E-state index contributed by atoms with van der Waals surface area (Å²) >= 11 is 0. The number of amides is 5. The van der Waals surface area contributed by atoms with E-state index in [1.165, 1.54) is 19.2 Å². The van der Waals surface area contributed by atoms with Crippen LogP contribution in [0.2, 0.25) is 0 Å². The molecule has 1 spiro atoms. The standard InChI is InChI=1S/C28H31FN4O4/c1-17(19-5-6-19)32(15-18-3-7-21(29)8-4-18)25(35)16-33-24(34)14-28(26(33)36)12-11-20-13-22(9-10-23(20)28)31-27(37)30-2/h3-4,7-10,13,17,19H,5-6,11-12,14-16H2,1-2H3,(H2,30,31,37)/t17-,28-/m0/s1. The number of fused-ring (bicyclic) bond motifs is 2. The van der Waals surface area contributed by atoms with E-state index in [0.717, 1.165) is 34.4 Å². The second kappa shape index (κ2) is 9.61. The number of likely N-dealkylation sites (tertiary alicyclic amines) is 1. The largest absolute Gasteiger partial charge is 0.341 e. The lowest BCUT2D eigenvalue weighted by Crippen LogP contribution is -2.47. The molecule has 0 radical (unpaired) electrons. The maximum Gasteiger partial charge on any atom is 0.318 e. The van der Waals surface area contributed by atoms with Gasteiger partial charge in [-0.05, 0) is 79.5 Å². The SMILES string of the molecule is CNC(=O)Nc1ccc2c(c1)CC[C@]21CC(=O)N(CC(=O)N(Cc2ccc(F)cc2)[C@@H](C)C2CC2)C1=O. The molecule has 2 aromatic rings. The first kappa shape index (κ1) is 24.9. The van der Waals surface area contributed by atoms with Crippen molar-refractivity contribution in [3.63, 3.8) is 0 Å². The van der Waals surface area contributed by atoms with Gasteiger partial charge in [-0.1, -0.05) is 18.2 Å². The maximum absolute atomic E-state index is 13.7. The average molecular weight is 507 g/mol. The lowest BCUT2D eigenvalue weighted by Gasteiger charge is -2.31. The highest BCUT2D eigenvalue weighted by Crippen LogP contribution is 2.47. The van der Waals surface area contributed by atoms with Gasteiger partial charge in [0.1, 0.15) is 12.4 Å². The number of benzene rings is 2. The van der Waals surface area contributed by atoms with Gasteiger partial charge in [0.2, 0.25) is 17.7 Å². The van der Waals surface area contributed by atoms with Crippen LogP contribution >= 0.6 is 0 Å². The fourth-order valence-electron chi connectivity index (χ4n) is 5.69. The Labute approximate surface area is 215 Å². The molecule has 2 aliphatic carbocycles. The second-order valence-electron chi connectivity index (χ2n) is 10.3. The van der Waals surface area contributed by atoms with Crippen LogP contribution in [-0.2, 0) is 32.8 Å². The van der Waals surface area contributed by atoms with E-state index in [4.69, 9.17) is 0 Å². The molecule has 1 saturated carbocycles. The molecule has 1 saturated heterocycles. The molecule has 3 aliphatic rings.